The Morgan fingerprint density at radius 1 is 0.875 bits per heavy atom. The van der Waals surface area contributed by atoms with Gasteiger partial charge in [-0.25, -0.2) is 0 Å². The SMILES string of the molecule is C=C1C2C[C@@H](O)C3=C4[C@@H](O)C[C@H]([C@H](C)CC[C@@H](C)C(C)C)[C@@]4(C)CCC3[C@@]2(C)CC[C@@H]1O. The topological polar surface area (TPSA) is 60.7 Å². The van der Waals surface area contributed by atoms with Gasteiger partial charge < -0.3 is 15.3 Å². The maximum atomic E-state index is 11.4. The summed E-state index contributed by atoms with van der Waals surface area (Å²) in [7, 11) is 0. The van der Waals surface area contributed by atoms with E-state index in [9.17, 15) is 15.3 Å². The van der Waals surface area contributed by atoms with E-state index in [2.05, 4.69) is 48.1 Å². The molecule has 4 aliphatic rings. The average Bonchev–Trinajstić information content (AvgIpc) is 3.01. The van der Waals surface area contributed by atoms with Crippen LogP contribution in [0.2, 0.25) is 0 Å². The smallest absolute Gasteiger partial charge is 0.0762 e. The molecule has 0 aromatic rings. The second kappa shape index (κ2) is 8.54. The second-order valence-electron chi connectivity index (χ2n) is 13.0. The highest BCUT2D eigenvalue weighted by Gasteiger charge is 2.60. The molecule has 3 heteroatoms. The second-order valence-corrected chi connectivity index (χ2v) is 13.0. The molecule has 3 fully saturated rings. The predicted molar refractivity (Wildman–Crippen MR) is 131 cm³/mol. The lowest BCUT2D eigenvalue weighted by atomic mass is 9.47. The third kappa shape index (κ3) is 3.66. The molecule has 3 nitrogen and oxygen atoms in total. The van der Waals surface area contributed by atoms with Gasteiger partial charge >= 0.3 is 0 Å². The summed E-state index contributed by atoms with van der Waals surface area (Å²) in [5.41, 5.74) is 3.34. The Labute approximate surface area is 196 Å². The highest BCUT2D eigenvalue weighted by atomic mass is 16.3. The van der Waals surface area contributed by atoms with Gasteiger partial charge in [-0.2, -0.15) is 0 Å². The van der Waals surface area contributed by atoms with Gasteiger partial charge in [-0.05, 0) is 102 Å². The molecule has 0 heterocycles. The van der Waals surface area contributed by atoms with Gasteiger partial charge in [0.2, 0.25) is 0 Å². The zero-order valence-electron chi connectivity index (χ0n) is 21.4. The normalized spacial score (nSPS) is 46.0. The molecule has 0 aliphatic heterocycles. The van der Waals surface area contributed by atoms with E-state index in [0.29, 0.717) is 24.2 Å². The summed E-state index contributed by atoms with van der Waals surface area (Å²) in [4.78, 5) is 0. The van der Waals surface area contributed by atoms with Gasteiger partial charge in [0.25, 0.3) is 0 Å². The van der Waals surface area contributed by atoms with Crippen molar-refractivity contribution in [3.05, 3.63) is 23.3 Å². The molecule has 3 saturated carbocycles. The van der Waals surface area contributed by atoms with E-state index in [1.54, 1.807) is 0 Å². The maximum Gasteiger partial charge on any atom is 0.0762 e. The third-order valence-corrected chi connectivity index (χ3v) is 11.0. The fraction of sp³-hybridized carbons (Fsp3) is 0.862. The first kappa shape index (κ1) is 24.5. The molecule has 0 aromatic carbocycles. The molecule has 0 bridgehead atoms. The first-order valence-electron chi connectivity index (χ1n) is 13.4. The number of fused-ring (bicyclic) bond motifs is 4. The minimum Gasteiger partial charge on any atom is -0.389 e. The largest absolute Gasteiger partial charge is 0.389 e. The lowest BCUT2D eigenvalue weighted by Gasteiger charge is -2.58. The molecule has 182 valence electrons. The number of rotatable bonds is 5. The Balaban J connectivity index is 1.65. The first-order chi connectivity index (χ1) is 14.9. The summed E-state index contributed by atoms with van der Waals surface area (Å²) < 4.78 is 0. The lowest BCUT2D eigenvalue weighted by Crippen LogP contribution is -2.53. The van der Waals surface area contributed by atoms with Gasteiger partial charge in [-0.15, -0.1) is 0 Å². The van der Waals surface area contributed by atoms with E-state index in [1.807, 2.05) is 0 Å². The average molecular weight is 445 g/mol. The Kier molecular flexibility index (Phi) is 6.53. The summed E-state index contributed by atoms with van der Waals surface area (Å²) in [5.74, 6) is 2.99. The molecule has 0 aromatic heterocycles. The predicted octanol–water partition coefficient (Wildman–Crippen LogP) is 5.89. The van der Waals surface area contributed by atoms with Crippen LogP contribution in [0.3, 0.4) is 0 Å². The maximum absolute atomic E-state index is 11.4. The van der Waals surface area contributed by atoms with E-state index < -0.39 is 18.3 Å². The Bertz CT molecular complexity index is 768. The van der Waals surface area contributed by atoms with Crippen molar-refractivity contribution >= 4 is 0 Å². The van der Waals surface area contributed by atoms with Crippen LogP contribution in [0.5, 0.6) is 0 Å². The van der Waals surface area contributed by atoms with Gasteiger partial charge in [-0.1, -0.05) is 61.0 Å². The van der Waals surface area contributed by atoms with Crippen molar-refractivity contribution in [2.24, 2.45) is 46.3 Å². The van der Waals surface area contributed by atoms with E-state index in [4.69, 9.17) is 0 Å². The minimum atomic E-state index is -0.514. The highest BCUT2D eigenvalue weighted by molar-refractivity contribution is 5.41. The molecule has 0 spiro atoms. The summed E-state index contributed by atoms with van der Waals surface area (Å²) in [6, 6.07) is 0. The monoisotopic (exact) mass is 444 g/mol. The first-order valence-corrected chi connectivity index (χ1v) is 13.4. The van der Waals surface area contributed by atoms with Crippen LogP contribution in [0.25, 0.3) is 0 Å². The van der Waals surface area contributed by atoms with Crippen LogP contribution in [0.15, 0.2) is 23.3 Å². The number of aliphatic hydroxyl groups is 3. The van der Waals surface area contributed by atoms with E-state index in [-0.39, 0.29) is 16.7 Å². The summed E-state index contributed by atoms with van der Waals surface area (Å²) in [5, 5.41) is 33.2. The summed E-state index contributed by atoms with van der Waals surface area (Å²) >= 11 is 0. The number of hydrogen-bond donors (Lipinski definition) is 3. The van der Waals surface area contributed by atoms with Crippen molar-refractivity contribution in [2.75, 3.05) is 0 Å². The van der Waals surface area contributed by atoms with Crippen molar-refractivity contribution in [3.63, 3.8) is 0 Å². The number of hydrogen-bond acceptors (Lipinski definition) is 3. The van der Waals surface area contributed by atoms with Crippen LogP contribution in [-0.2, 0) is 0 Å². The molecular formula is C29H48O3. The Morgan fingerprint density at radius 2 is 1.56 bits per heavy atom. The molecule has 0 saturated heterocycles. The third-order valence-electron chi connectivity index (χ3n) is 11.0. The summed E-state index contributed by atoms with van der Waals surface area (Å²) in [6.07, 6.45) is 6.54. The zero-order chi connectivity index (χ0) is 23.6. The van der Waals surface area contributed by atoms with Crippen molar-refractivity contribution in [3.8, 4) is 0 Å². The number of aliphatic hydroxyl groups excluding tert-OH is 3. The highest BCUT2D eigenvalue weighted by Crippen LogP contribution is 2.66. The van der Waals surface area contributed by atoms with Crippen LogP contribution < -0.4 is 0 Å². The van der Waals surface area contributed by atoms with Gasteiger partial charge in [0.1, 0.15) is 0 Å². The molecular weight excluding hydrogens is 396 g/mol. The molecule has 4 aliphatic carbocycles. The lowest BCUT2D eigenvalue weighted by molar-refractivity contribution is -0.0336. The molecule has 2 unspecified atom stereocenters. The Morgan fingerprint density at radius 3 is 2.22 bits per heavy atom. The van der Waals surface area contributed by atoms with Crippen LogP contribution >= 0.6 is 0 Å². The van der Waals surface area contributed by atoms with Crippen molar-refractivity contribution in [1.29, 1.82) is 0 Å². The van der Waals surface area contributed by atoms with E-state index >= 15 is 0 Å². The molecule has 10 atom stereocenters. The van der Waals surface area contributed by atoms with Crippen LogP contribution in [0, 0.1) is 46.3 Å². The Hall–Kier alpha value is -0.640. The van der Waals surface area contributed by atoms with Crippen LogP contribution in [0.1, 0.15) is 92.9 Å². The van der Waals surface area contributed by atoms with Crippen molar-refractivity contribution in [2.45, 2.75) is 111 Å². The standard InChI is InChI=1S/C29H48O3/c1-16(2)17(3)8-9-18(4)21-14-25(32)27-26-20(10-12-29(21,27)7)28(6)13-11-23(30)19(5)22(28)15-24(26)31/h16-18,20-25,30-32H,5,8-15H2,1-4,6-7H3/t17-,18-,20?,21-,22?,23+,24-,25+,28-,29-/m1/s1. The van der Waals surface area contributed by atoms with Crippen molar-refractivity contribution in [1.82, 2.24) is 0 Å². The van der Waals surface area contributed by atoms with Gasteiger partial charge in [0, 0.05) is 0 Å². The van der Waals surface area contributed by atoms with E-state index in [1.165, 1.54) is 24.0 Å². The van der Waals surface area contributed by atoms with Crippen LogP contribution in [0.4, 0.5) is 0 Å². The fourth-order valence-electron chi connectivity index (χ4n) is 8.50. The quantitative estimate of drug-likeness (QED) is 0.464. The van der Waals surface area contributed by atoms with Gasteiger partial charge in [-0.3, -0.25) is 0 Å². The minimum absolute atomic E-state index is 0.00109. The molecule has 3 N–H and O–H groups in total. The fourth-order valence-corrected chi connectivity index (χ4v) is 8.50. The van der Waals surface area contributed by atoms with E-state index in [0.717, 1.165) is 49.5 Å². The molecule has 32 heavy (non-hydrogen) atoms. The zero-order valence-corrected chi connectivity index (χ0v) is 21.4. The van der Waals surface area contributed by atoms with Gasteiger partial charge in [0.05, 0.1) is 18.3 Å². The molecule has 0 radical (unpaired) electrons. The molecule has 4 rings (SSSR count). The van der Waals surface area contributed by atoms with Gasteiger partial charge in [0.15, 0.2) is 0 Å². The van der Waals surface area contributed by atoms with Crippen LogP contribution in [-0.4, -0.2) is 33.6 Å². The van der Waals surface area contributed by atoms with Crippen molar-refractivity contribution < 1.29 is 15.3 Å². The molecule has 0 amide bonds. The summed E-state index contributed by atoms with van der Waals surface area (Å²) in [6.45, 7) is 18.4.